The second-order valence-corrected chi connectivity index (χ2v) is 6.87. The molecule has 0 spiro atoms. The van der Waals surface area contributed by atoms with Crippen LogP contribution in [0, 0.1) is 0 Å². The highest BCUT2D eigenvalue weighted by Crippen LogP contribution is 2.28. The molecule has 1 aromatic carbocycles. The van der Waals surface area contributed by atoms with Crippen LogP contribution in [0.3, 0.4) is 0 Å². The van der Waals surface area contributed by atoms with Crippen LogP contribution in [0.5, 0.6) is 0 Å². The van der Waals surface area contributed by atoms with E-state index in [1.807, 2.05) is 54.8 Å². The average Bonchev–Trinajstić information content (AvgIpc) is 3.32. The summed E-state index contributed by atoms with van der Waals surface area (Å²) in [7, 11) is 0. The first-order chi connectivity index (χ1) is 12.2. The minimum Gasteiger partial charge on any atom is -0.451 e. The summed E-state index contributed by atoms with van der Waals surface area (Å²) in [5, 5.41) is 4.38. The van der Waals surface area contributed by atoms with Crippen molar-refractivity contribution < 1.29 is 14.3 Å². The minimum absolute atomic E-state index is 0.226. The number of hydrogen-bond acceptors (Lipinski definition) is 6. The van der Waals surface area contributed by atoms with E-state index < -0.39 is 5.97 Å². The van der Waals surface area contributed by atoms with Gasteiger partial charge in [0, 0.05) is 17.6 Å². The quantitative estimate of drug-likeness (QED) is 0.612. The molecule has 5 nitrogen and oxygen atoms in total. The van der Waals surface area contributed by atoms with Gasteiger partial charge < -0.3 is 9.64 Å². The van der Waals surface area contributed by atoms with Crippen LogP contribution in [0.25, 0.3) is 9.88 Å². The van der Waals surface area contributed by atoms with E-state index in [4.69, 9.17) is 4.74 Å². The van der Waals surface area contributed by atoms with E-state index in [9.17, 15) is 9.59 Å². The third-order valence-electron chi connectivity index (χ3n) is 3.46. The third-order valence-corrected chi connectivity index (χ3v) is 5.34. The monoisotopic (exact) mass is 372 g/mol. The Labute approximate surface area is 153 Å². The minimum atomic E-state index is -0.587. The number of nitrogens with zero attached hydrogens (tertiary/aromatic N) is 2. The summed E-state index contributed by atoms with van der Waals surface area (Å²) < 4.78 is 5.14. The Morgan fingerprint density at radius 1 is 1.12 bits per heavy atom. The number of rotatable bonds is 6. The van der Waals surface area contributed by atoms with Crippen molar-refractivity contribution in [1.29, 1.82) is 0 Å². The molecule has 3 rings (SSSR count). The van der Waals surface area contributed by atoms with Gasteiger partial charge in [-0.1, -0.05) is 24.3 Å². The molecule has 0 radical (unpaired) electrons. The van der Waals surface area contributed by atoms with Crippen LogP contribution in [-0.2, 0) is 9.53 Å². The third kappa shape index (κ3) is 4.12. The van der Waals surface area contributed by atoms with E-state index >= 15 is 0 Å². The zero-order chi connectivity index (χ0) is 17.6. The van der Waals surface area contributed by atoms with Crippen LogP contribution in [0.2, 0.25) is 0 Å². The van der Waals surface area contributed by atoms with Crippen molar-refractivity contribution in [2.45, 2.75) is 6.92 Å². The van der Waals surface area contributed by atoms with Crippen molar-refractivity contribution in [2.24, 2.45) is 0 Å². The number of thiophene rings is 1. The van der Waals surface area contributed by atoms with Crippen LogP contribution < -0.4 is 4.90 Å². The molecule has 2 aromatic heterocycles. The zero-order valence-electron chi connectivity index (χ0n) is 13.5. The summed E-state index contributed by atoms with van der Waals surface area (Å²) in [4.78, 5) is 31.3. The first-order valence-corrected chi connectivity index (χ1v) is 9.47. The molecule has 0 saturated heterocycles. The fraction of sp³-hybridized carbons (Fsp3) is 0.167. The van der Waals surface area contributed by atoms with Gasteiger partial charge in [-0.2, -0.15) is 0 Å². The Morgan fingerprint density at radius 3 is 2.60 bits per heavy atom. The maximum atomic E-state index is 12.3. The van der Waals surface area contributed by atoms with Crippen molar-refractivity contribution in [1.82, 2.24) is 4.98 Å². The number of hydrogen-bond donors (Lipinski definition) is 0. The van der Waals surface area contributed by atoms with Gasteiger partial charge in [0.15, 0.2) is 12.3 Å². The van der Waals surface area contributed by atoms with E-state index in [0.29, 0.717) is 6.54 Å². The van der Waals surface area contributed by atoms with Gasteiger partial charge in [-0.15, -0.1) is 22.7 Å². The molecule has 0 atom stereocenters. The molecule has 0 bridgehead atoms. The fourth-order valence-electron chi connectivity index (χ4n) is 2.27. The second kappa shape index (κ2) is 8.04. The lowest BCUT2D eigenvalue weighted by molar-refractivity contribution is -0.121. The number of thiazole rings is 1. The molecule has 3 aromatic rings. The van der Waals surface area contributed by atoms with Crippen molar-refractivity contribution in [3.8, 4) is 9.88 Å². The first kappa shape index (κ1) is 17.3. The molecule has 1 amide bonds. The summed E-state index contributed by atoms with van der Waals surface area (Å²) >= 11 is 2.94. The fourth-order valence-corrected chi connectivity index (χ4v) is 3.87. The largest absolute Gasteiger partial charge is 0.451 e. The summed E-state index contributed by atoms with van der Waals surface area (Å²) in [6.45, 7) is 2.06. The normalized spacial score (nSPS) is 10.4. The summed E-state index contributed by atoms with van der Waals surface area (Å²) in [5.74, 6) is -0.854. The average molecular weight is 372 g/mol. The van der Waals surface area contributed by atoms with Gasteiger partial charge >= 0.3 is 5.97 Å². The molecule has 2 heterocycles. The molecule has 25 heavy (non-hydrogen) atoms. The van der Waals surface area contributed by atoms with E-state index in [-0.39, 0.29) is 18.2 Å². The molecule has 0 aliphatic rings. The van der Waals surface area contributed by atoms with Crippen LogP contribution in [0.4, 0.5) is 5.69 Å². The molecule has 0 saturated carbocycles. The van der Waals surface area contributed by atoms with Crippen molar-refractivity contribution in [3.05, 3.63) is 58.9 Å². The second-order valence-electron chi connectivity index (χ2n) is 5.06. The number of esters is 1. The smallest absolute Gasteiger partial charge is 0.358 e. The Hall–Kier alpha value is -2.51. The Kier molecular flexibility index (Phi) is 5.57. The standard InChI is InChI=1S/C18H16N2O3S2/c1-2-20(13-7-4-3-5-8-13)16(21)11-23-18(22)14-12-25-17(19-14)15-9-6-10-24-15/h3-10,12H,2,11H2,1H3. The molecule has 7 heteroatoms. The van der Waals surface area contributed by atoms with Gasteiger partial charge in [-0.25, -0.2) is 9.78 Å². The number of para-hydroxylation sites is 1. The van der Waals surface area contributed by atoms with Crippen LogP contribution >= 0.6 is 22.7 Å². The summed E-state index contributed by atoms with van der Waals surface area (Å²) in [6, 6.07) is 13.2. The number of benzene rings is 1. The SMILES string of the molecule is CCN(C(=O)COC(=O)c1csc(-c2cccs2)n1)c1ccccc1. The van der Waals surface area contributed by atoms with Gasteiger partial charge in [-0.05, 0) is 30.5 Å². The molecular formula is C18H16N2O3S2. The first-order valence-electron chi connectivity index (χ1n) is 7.71. The van der Waals surface area contributed by atoms with E-state index in [1.54, 1.807) is 21.6 Å². The highest BCUT2D eigenvalue weighted by Gasteiger charge is 2.18. The van der Waals surface area contributed by atoms with Crippen LogP contribution in [-0.4, -0.2) is 30.0 Å². The lowest BCUT2D eigenvalue weighted by Crippen LogP contribution is -2.34. The molecule has 128 valence electrons. The van der Waals surface area contributed by atoms with Gasteiger partial charge in [0.25, 0.3) is 5.91 Å². The predicted octanol–water partition coefficient (Wildman–Crippen LogP) is 4.08. The van der Waals surface area contributed by atoms with Gasteiger partial charge in [0.1, 0.15) is 5.01 Å². The lowest BCUT2D eigenvalue weighted by atomic mass is 10.3. The maximum Gasteiger partial charge on any atom is 0.358 e. The Balaban J connectivity index is 1.61. The number of carbonyl (C=O) groups is 2. The highest BCUT2D eigenvalue weighted by molar-refractivity contribution is 7.20. The number of carbonyl (C=O) groups excluding carboxylic acids is 2. The van der Waals surface area contributed by atoms with Crippen molar-refractivity contribution >= 4 is 40.2 Å². The highest BCUT2D eigenvalue weighted by atomic mass is 32.1. The van der Waals surface area contributed by atoms with Crippen molar-refractivity contribution in [3.63, 3.8) is 0 Å². The summed E-state index contributed by atoms with van der Waals surface area (Å²) in [5.41, 5.74) is 1.00. The van der Waals surface area contributed by atoms with E-state index in [2.05, 4.69) is 4.98 Å². The molecule has 0 fully saturated rings. The molecule has 0 aliphatic heterocycles. The van der Waals surface area contributed by atoms with Crippen molar-refractivity contribution in [2.75, 3.05) is 18.1 Å². The number of likely N-dealkylation sites (N-methyl/N-ethyl adjacent to an activating group) is 1. The van der Waals surface area contributed by atoms with Gasteiger partial charge in [-0.3, -0.25) is 4.79 Å². The van der Waals surface area contributed by atoms with Crippen LogP contribution in [0.15, 0.2) is 53.2 Å². The Bertz CT molecular complexity index is 844. The lowest BCUT2D eigenvalue weighted by Gasteiger charge is -2.20. The van der Waals surface area contributed by atoms with E-state index in [1.165, 1.54) is 11.3 Å². The number of amides is 1. The van der Waals surface area contributed by atoms with E-state index in [0.717, 1.165) is 15.6 Å². The van der Waals surface area contributed by atoms with Gasteiger partial charge in [0.2, 0.25) is 0 Å². The topological polar surface area (TPSA) is 59.5 Å². The predicted molar refractivity (Wildman–Crippen MR) is 100 cm³/mol. The molecule has 0 unspecified atom stereocenters. The van der Waals surface area contributed by atoms with Crippen LogP contribution in [0.1, 0.15) is 17.4 Å². The number of ether oxygens (including phenoxy) is 1. The number of aromatic nitrogens is 1. The Morgan fingerprint density at radius 2 is 1.92 bits per heavy atom. The van der Waals surface area contributed by atoms with Gasteiger partial charge in [0.05, 0.1) is 4.88 Å². The molecular weight excluding hydrogens is 356 g/mol. The maximum absolute atomic E-state index is 12.3. The molecule has 0 N–H and O–H groups in total. The summed E-state index contributed by atoms with van der Waals surface area (Å²) in [6.07, 6.45) is 0. The number of anilines is 1. The molecule has 0 aliphatic carbocycles. The zero-order valence-corrected chi connectivity index (χ0v) is 15.2.